The minimum absolute atomic E-state index is 0.242. The molecule has 27 heavy (non-hydrogen) atoms. The van der Waals surface area contributed by atoms with Crippen LogP contribution in [0.4, 0.5) is 11.4 Å². The number of rotatable bonds is 5. The maximum Gasteiger partial charge on any atom is 0.243 e. The van der Waals surface area contributed by atoms with Gasteiger partial charge in [-0.15, -0.1) is 0 Å². The second-order valence-electron chi connectivity index (χ2n) is 6.13. The van der Waals surface area contributed by atoms with Crippen molar-refractivity contribution in [3.05, 3.63) is 54.1 Å². The predicted molar refractivity (Wildman–Crippen MR) is 112 cm³/mol. The van der Waals surface area contributed by atoms with Crippen molar-refractivity contribution in [1.29, 1.82) is 0 Å². The molecule has 8 heteroatoms. The van der Waals surface area contributed by atoms with Gasteiger partial charge >= 0.3 is 0 Å². The Morgan fingerprint density at radius 2 is 1.85 bits per heavy atom. The van der Waals surface area contributed by atoms with E-state index in [1.807, 2.05) is 24.3 Å². The maximum absolute atomic E-state index is 12.8. The Morgan fingerprint density at radius 1 is 1.11 bits per heavy atom. The van der Waals surface area contributed by atoms with Gasteiger partial charge in [0, 0.05) is 24.5 Å². The van der Waals surface area contributed by atoms with Crippen molar-refractivity contribution >= 4 is 38.7 Å². The topological polar surface area (TPSA) is 70.7 Å². The van der Waals surface area contributed by atoms with E-state index in [9.17, 15) is 8.42 Å². The van der Waals surface area contributed by atoms with Crippen LogP contribution >= 0.6 is 12.2 Å². The second-order valence-corrected chi connectivity index (χ2v) is 8.48. The van der Waals surface area contributed by atoms with Crippen LogP contribution in [0.15, 0.2) is 53.4 Å². The molecule has 0 amide bonds. The van der Waals surface area contributed by atoms with Gasteiger partial charge in [0.05, 0.1) is 18.1 Å². The number of morpholine rings is 1. The Balaban J connectivity index is 1.73. The second kappa shape index (κ2) is 8.79. The zero-order chi connectivity index (χ0) is 19.3. The molecule has 1 saturated heterocycles. The summed E-state index contributed by atoms with van der Waals surface area (Å²) in [6.45, 7) is 3.66. The smallest absolute Gasteiger partial charge is 0.243 e. The molecule has 0 aromatic heterocycles. The molecule has 1 heterocycles. The van der Waals surface area contributed by atoms with E-state index >= 15 is 0 Å². The summed E-state index contributed by atoms with van der Waals surface area (Å²) >= 11 is 5.39. The van der Waals surface area contributed by atoms with Crippen molar-refractivity contribution in [3.63, 3.8) is 0 Å². The van der Waals surface area contributed by atoms with Crippen LogP contribution in [-0.4, -0.2) is 44.1 Å². The van der Waals surface area contributed by atoms with E-state index in [0.29, 0.717) is 37.1 Å². The molecule has 0 atom stereocenters. The van der Waals surface area contributed by atoms with Gasteiger partial charge in [-0.05, 0) is 48.5 Å². The Hall–Kier alpha value is -2.00. The highest BCUT2D eigenvalue weighted by atomic mass is 32.2. The van der Waals surface area contributed by atoms with Crippen LogP contribution in [0.2, 0.25) is 0 Å². The van der Waals surface area contributed by atoms with Gasteiger partial charge in [0.1, 0.15) is 0 Å². The summed E-state index contributed by atoms with van der Waals surface area (Å²) in [6.07, 6.45) is 0.888. The number of anilines is 2. The van der Waals surface area contributed by atoms with Gasteiger partial charge in [-0.3, -0.25) is 0 Å². The van der Waals surface area contributed by atoms with Crippen LogP contribution in [0.3, 0.4) is 0 Å². The molecule has 144 valence electrons. The summed E-state index contributed by atoms with van der Waals surface area (Å²) in [7, 11) is -3.54. The summed E-state index contributed by atoms with van der Waals surface area (Å²) < 4.78 is 32.3. The lowest BCUT2D eigenvalue weighted by molar-refractivity contribution is 0.0730. The van der Waals surface area contributed by atoms with Gasteiger partial charge in [0.15, 0.2) is 5.11 Å². The lowest BCUT2D eigenvalue weighted by Gasteiger charge is -2.26. The first-order valence-corrected chi connectivity index (χ1v) is 10.7. The molecule has 2 aromatic rings. The molecule has 2 aromatic carbocycles. The third kappa shape index (κ3) is 4.84. The minimum Gasteiger partial charge on any atom is -0.379 e. The molecule has 0 radical (unpaired) electrons. The average Bonchev–Trinajstić information content (AvgIpc) is 2.69. The first kappa shape index (κ1) is 19.8. The lowest BCUT2D eigenvalue weighted by atomic mass is 10.1. The molecule has 1 aliphatic heterocycles. The SMILES string of the molecule is CCc1ccccc1NC(=S)Nc1cccc(S(=O)(=O)N2CCOCC2)c1. The van der Waals surface area contributed by atoms with Crippen LogP contribution in [0, 0.1) is 0 Å². The molecule has 3 rings (SSSR count). The molecule has 0 unspecified atom stereocenters. The lowest BCUT2D eigenvalue weighted by Crippen LogP contribution is -2.40. The number of para-hydroxylation sites is 1. The first-order valence-electron chi connectivity index (χ1n) is 8.84. The molecule has 2 N–H and O–H groups in total. The highest BCUT2D eigenvalue weighted by Crippen LogP contribution is 2.21. The van der Waals surface area contributed by atoms with Gasteiger partial charge < -0.3 is 15.4 Å². The van der Waals surface area contributed by atoms with E-state index < -0.39 is 10.0 Å². The molecule has 0 aliphatic carbocycles. The monoisotopic (exact) mass is 405 g/mol. The number of benzene rings is 2. The summed E-state index contributed by atoms with van der Waals surface area (Å²) in [6, 6.07) is 14.6. The van der Waals surface area contributed by atoms with Crippen LogP contribution in [-0.2, 0) is 21.2 Å². The number of hydrogen-bond donors (Lipinski definition) is 2. The van der Waals surface area contributed by atoms with Crippen molar-refractivity contribution in [1.82, 2.24) is 4.31 Å². The predicted octanol–water partition coefficient (Wildman–Crippen LogP) is 3.08. The van der Waals surface area contributed by atoms with Crippen LogP contribution in [0.1, 0.15) is 12.5 Å². The molecule has 1 aliphatic rings. The Morgan fingerprint density at radius 3 is 2.59 bits per heavy atom. The fourth-order valence-corrected chi connectivity index (χ4v) is 4.59. The van der Waals surface area contributed by atoms with E-state index in [1.165, 1.54) is 4.31 Å². The summed E-state index contributed by atoms with van der Waals surface area (Å²) in [5.74, 6) is 0. The quantitative estimate of drug-likeness (QED) is 0.745. The molecule has 1 fully saturated rings. The Labute approximate surface area is 165 Å². The van der Waals surface area contributed by atoms with E-state index in [-0.39, 0.29) is 4.90 Å². The number of nitrogens with one attached hydrogen (secondary N) is 2. The maximum atomic E-state index is 12.8. The highest BCUT2D eigenvalue weighted by molar-refractivity contribution is 7.89. The van der Waals surface area contributed by atoms with E-state index in [2.05, 4.69) is 17.6 Å². The van der Waals surface area contributed by atoms with Gasteiger partial charge in [0.25, 0.3) is 0 Å². The van der Waals surface area contributed by atoms with Crippen molar-refractivity contribution in [2.24, 2.45) is 0 Å². The van der Waals surface area contributed by atoms with Crippen LogP contribution < -0.4 is 10.6 Å². The van der Waals surface area contributed by atoms with Crippen LogP contribution in [0.25, 0.3) is 0 Å². The third-order valence-corrected chi connectivity index (χ3v) is 6.44. The fraction of sp³-hybridized carbons (Fsp3) is 0.316. The number of thiocarbonyl (C=S) groups is 1. The molecule has 0 bridgehead atoms. The molecular weight excluding hydrogens is 382 g/mol. The summed E-state index contributed by atoms with van der Waals surface area (Å²) in [5.41, 5.74) is 2.72. The molecule has 0 spiro atoms. The Bertz CT molecular complexity index is 910. The highest BCUT2D eigenvalue weighted by Gasteiger charge is 2.26. The third-order valence-electron chi connectivity index (χ3n) is 4.35. The molecule has 6 nitrogen and oxygen atoms in total. The van der Waals surface area contributed by atoms with Crippen LogP contribution in [0.5, 0.6) is 0 Å². The van der Waals surface area contributed by atoms with Gasteiger partial charge in [-0.1, -0.05) is 31.2 Å². The molecular formula is C19H23N3O3S2. The summed E-state index contributed by atoms with van der Waals surface area (Å²) in [5, 5.41) is 6.66. The molecule has 0 saturated carbocycles. The number of aryl methyl sites for hydroxylation is 1. The minimum atomic E-state index is -3.54. The van der Waals surface area contributed by atoms with Gasteiger partial charge in [-0.2, -0.15) is 4.31 Å². The number of nitrogens with zero attached hydrogens (tertiary/aromatic N) is 1. The Kier molecular flexibility index (Phi) is 6.43. The van der Waals surface area contributed by atoms with Crippen molar-refractivity contribution in [2.45, 2.75) is 18.2 Å². The fourth-order valence-electron chi connectivity index (χ4n) is 2.91. The van der Waals surface area contributed by atoms with Crippen molar-refractivity contribution in [2.75, 3.05) is 36.9 Å². The number of ether oxygens (including phenoxy) is 1. The standard InChI is InChI=1S/C19H23N3O3S2/c1-2-15-6-3-4-9-18(15)21-19(26)20-16-7-5-8-17(14-16)27(23,24)22-10-12-25-13-11-22/h3-9,14H,2,10-13H2,1H3,(H2,20,21,26). The van der Waals surface area contributed by atoms with Crippen molar-refractivity contribution < 1.29 is 13.2 Å². The van der Waals surface area contributed by atoms with Crippen molar-refractivity contribution in [3.8, 4) is 0 Å². The number of sulfonamides is 1. The van der Waals surface area contributed by atoms with Gasteiger partial charge in [-0.25, -0.2) is 8.42 Å². The number of hydrogen-bond acceptors (Lipinski definition) is 4. The van der Waals surface area contributed by atoms with E-state index in [1.54, 1.807) is 24.3 Å². The zero-order valence-electron chi connectivity index (χ0n) is 15.1. The average molecular weight is 406 g/mol. The normalized spacial score (nSPS) is 15.3. The van der Waals surface area contributed by atoms with Gasteiger partial charge in [0.2, 0.25) is 10.0 Å². The summed E-state index contributed by atoms with van der Waals surface area (Å²) in [4.78, 5) is 0.242. The van der Waals surface area contributed by atoms with E-state index in [0.717, 1.165) is 17.7 Å². The first-order chi connectivity index (χ1) is 13.0. The largest absolute Gasteiger partial charge is 0.379 e. The van der Waals surface area contributed by atoms with E-state index in [4.69, 9.17) is 17.0 Å². The zero-order valence-corrected chi connectivity index (χ0v) is 16.8.